The lowest BCUT2D eigenvalue weighted by Gasteiger charge is -2.49. The van der Waals surface area contributed by atoms with Crippen LogP contribution in [-0.2, 0) is 33.2 Å². The van der Waals surface area contributed by atoms with E-state index in [1.165, 1.54) is 7.11 Å². The molecule has 0 aliphatic carbocycles. The lowest BCUT2D eigenvalue weighted by molar-refractivity contribution is -0.364. The fourth-order valence-corrected chi connectivity index (χ4v) is 4.63. The molecule has 0 spiro atoms. The van der Waals surface area contributed by atoms with Gasteiger partial charge in [-0.15, -0.1) is 0 Å². The van der Waals surface area contributed by atoms with Gasteiger partial charge in [0.15, 0.2) is 18.9 Å². The Morgan fingerprint density at radius 3 is 1.66 bits per heavy atom. The standard InChI is InChI=1S/C21H37NO16/c1-6(26)22-10-17(37-21-15(31)14(30)11(27)7(3-23)36-21)12(28)8(4-24)34-19(10)38-18-13(29)9(5-25)35-20(33-2)16(18)32/h7-21,23-25,27-32H,3-5H2,1-2H3,(H,22,26)/t7-,8-,9-,10-,11+,12-,13+,14+,15-,16-,17-,18+,19+,20-,21+/m1/s1. The Bertz CT molecular complexity index is 745. The topological polar surface area (TPSA) is 267 Å². The van der Waals surface area contributed by atoms with E-state index in [4.69, 9.17) is 28.4 Å². The number of hydrogen-bond acceptors (Lipinski definition) is 16. The number of carbonyl (C=O) groups excluding carboxylic acids is 1. The molecule has 3 fully saturated rings. The maximum atomic E-state index is 12.1. The van der Waals surface area contributed by atoms with Crippen LogP contribution < -0.4 is 5.32 Å². The van der Waals surface area contributed by atoms with Crippen molar-refractivity contribution in [2.75, 3.05) is 26.9 Å². The monoisotopic (exact) mass is 559 g/mol. The van der Waals surface area contributed by atoms with Gasteiger partial charge in [-0.3, -0.25) is 4.79 Å². The van der Waals surface area contributed by atoms with Crippen LogP contribution in [0.1, 0.15) is 6.92 Å². The molecule has 0 saturated carbocycles. The highest BCUT2D eigenvalue weighted by molar-refractivity contribution is 5.73. The van der Waals surface area contributed by atoms with E-state index in [0.717, 1.165) is 6.92 Å². The molecule has 3 rings (SSSR count). The molecule has 1 amide bonds. The van der Waals surface area contributed by atoms with E-state index in [1.54, 1.807) is 0 Å². The third kappa shape index (κ3) is 6.43. The number of nitrogens with one attached hydrogen (secondary N) is 1. The molecule has 3 heterocycles. The van der Waals surface area contributed by atoms with Crippen molar-refractivity contribution < 1.29 is 79.2 Å². The first kappa shape index (κ1) is 31.4. The van der Waals surface area contributed by atoms with Gasteiger partial charge in [-0.2, -0.15) is 0 Å². The summed E-state index contributed by atoms with van der Waals surface area (Å²) in [5, 5.41) is 93.9. The number of methoxy groups -OCH3 is 1. The Labute approximate surface area is 217 Å². The second kappa shape index (κ2) is 13.5. The van der Waals surface area contributed by atoms with Crippen molar-refractivity contribution in [3.8, 4) is 0 Å². The molecule has 15 atom stereocenters. The zero-order chi connectivity index (χ0) is 28.3. The second-order valence-corrected chi connectivity index (χ2v) is 9.28. The molecule has 3 aliphatic heterocycles. The van der Waals surface area contributed by atoms with Gasteiger partial charge in [-0.05, 0) is 0 Å². The van der Waals surface area contributed by atoms with E-state index >= 15 is 0 Å². The van der Waals surface area contributed by atoms with Crippen molar-refractivity contribution >= 4 is 5.91 Å². The molecule has 0 aromatic carbocycles. The fraction of sp³-hybridized carbons (Fsp3) is 0.952. The van der Waals surface area contributed by atoms with Crippen LogP contribution in [0.15, 0.2) is 0 Å². The van der Waals surface area contributed by atoms with Gasteiger partial charge in [-0.25, -0.2) is 0 Å². The summed E-state index contributed by atoms with van der Waals surface area (Å²) in [4.78, 5) is 12.1. The predicted molar refractivity (Wildman–Crippen MR) is 118 cm³/mol. The largest absolute Gasteiger partial charge is 0.394 e. The van der Waals surface area contributed by atoms with Gasteiger partial charge in [0.25, 0.3) is 0 Å². The summed E-state index contributed by atoms with van der Waals surface area (Å²) < 4.78 is 32.8. The summed E-state index contributed by atoms with van der Waals surface area (Å²) in [6, 6.07) is -1.44. The summed E-state index contributed by atoms with van der Waals surface area (Å²) in [7, 11) is 1.21. The van der Waals surface area contributed by atoms with Crippen LogP contribution in [0.3, 0.4) is 0 Å². The number of aliphatic hydroxyl groups is 9. The van der Waals surface area contributed by atoms with Crippen LogP contribution in [0.4, 0.5) is 0 Å². The number of carbonyl (C=O) groups is 1. The quantitative estimate of drug-likeness (QED) is 0.126. The van der Waals surface area contributed by atoms with Crippen molar-refractivity contribution in [3.05, 3.63) is 0 Å². The van der Waals surface area contributed by atoms with Gasteiger partial charge in [0.1, 0.15) is 73.2 Å². The summed E-state index contributed by atoms with van der Waals surface area (Å²) in [5.41, 5.74) is 0. The fourth-order valence-electron chi connectivity index (χ4n) is 4.63. The molecule has 17 heteroatoms. The molecule has 0 aromatic heterocycles. The van der Waals surface area contributed by atoms with Gasteiger partial charge in [0, 0.05) is 14.0 Å². The van der Waals surface area contributed by atoms with E-state index in [-0.39, 0.29) is 0 Å². The number of aliphatic hydroxyl groups excluding tert-OH is 9. The van der Waals surface area contributed by atoms with E-state index in [2.05, 4.69) is 5.32 Å². The lowest BCUT2D eigenvalue weighted by Crippen LogP contribution is -2.69. The SMILES string of the molecule is CO[C@@H]1O[C@H](CO)[C@H](O)[C@H](O[C@@H]2O[C@H](CO)[C@@H](O)[C@H](O[C@@H]3O[C@H](CO)[C@H](O)[C@H](O)[C@H]3O)[C@H]2NC(C)=O)[C@H]1O. The highest BCUT2D eigenvalue weighted by Gasteiger charge is 2.54. The summed E-state index contributed by atoms with van der Waals surface area (Å²) in [6.07, 6.45) is -22.1. The van der Waals surface area contributed by atoms with Crippen LogP contribution >= 0.6 is 0 Å². The number of amides is 1. The lowest BCUT2D eigenvalue weighted by atomic mass is 9.94. The normalized spacial score (nSPS) is 48.0. The van der Waals surface area contributed by atoms with E-state index in [1.807, 2.05) is 0 Å². The Morgan fingerprint density at radius 2 is 1.13 bits per heavy atom. The predicted octanol–water partition coefficient (Wildman–Crippen LogP) is -6.78. The first-order valence-corrected chi connectivity index (χ1v) is 12.0. The molecule has 0 unspecified atom stereocenters. The Hall–Kier alpha value is -1.13. The van der Waals surface area contributed by atoms with Crippen molar-refractivity contribution in [3.63, 3.8) is 0 Å². The Morgan fingerprint density at radius 1 is 0.658 bits per heavy atom. The molecule has 0 bridgehead atoms. The average molecular weight is 560 g/mol. The molecular weight excluding hydrogens is 522 g/mol. The first-order chi connectivity index (χ1) is 18.0. The number of rotatable bonds is 9. The van der Waals surface area contributed by atoms with Crippen LogP contribution in [0, 0.1) is 0 Å². The van der Waals surface area contributed by atoms with Crippen molar-refractivity contribution in [2.45, 2.75) is 99.0 Å². The number of ether oxygens (including phenoxy) is 6. The zero-order valence-corrected chi connectivity index (χ0v) is 20.7. The molecule has 0 aromatic rings. The van der Waals surface area contributed by atoms with Crippen LogP contribution in [-0.4, -0.2) is 171 Å². The van der Waals surface area contributed by atoms with Crippen LogP contribution in [0.2, 0.25) is 0 Å². The van der Waals surface area contributed by atoms with Gasteiger partial charge >= 0.3 is 0 Å². The maximum Gasteiger partial charge on any atom is 0.217 e. The van der Waals surface area contributed by atoms with E-state index < -0.39 is 118 Å². The third-order valence-corrected chi connectivity index (χ3v) is 6.71. The minimum Gasteiger partial charge on any atom is -0.394 e. The molecule has 3 aliphatic rings. The first-order valence-electron chi connectivity index (χ1n) is 12.0. The highest BCUT2D eigenvalue weighted by atomic mass is 16.7. The molecule has 222 valence electrons. The minimum absolute atomic E-state index is 0.666. The van der Waals surface area contributed by atoms with Crippen LogP contribution in [0.25, 0.3) is 0 Å². The van der Waals surface area contributed by atoms with Gasteiger partial charge in [0.2, 0.25) is 5.91 Å². The van der Waals surface area contributed by atoms with E-state index in [0.29, 0.717) is 0 Å². The van der Waals surface area contributed by atoms with Gasteiger partial charge in [0.05, 0.1) is 19.8 Å². The van der Waals surface area contributed by atoms with Crippen molar-refractivity contribution in [1.82, 2.24) is 5.32 Å². The highest BCUT2D eigenvalue weighted by Crippen LogP contribution is 2.32. The molecule has 17 nitrogen and oxygen atoms in total. The number of hydrogen-bond donors (Lipinski definition) is 10. The van der Waals surface area contributed by atoms with Crippen molar-refractivity contribution in [1.29, 1.82) is 0 Å². The molecule has 38 heavy (non-hydrogen) atoms. The average Bonchev–Trinajstić information content (AvgIpc) is 2.89. The summed E-state index contributed by atoms with van der Waals surface area (Å²) >= 11 is 0. The van der Waals surface area contributed by atoms with Crippen LogP contribution in [0.5, 0.6) is 0 Å². The van der Waals surface area contributed by atoms with E-state index in [9.17, 15) is 50.8 Å². The van der Waals surface area contributed by atoms with Crippen molar-refractivity contribution in [2.24, 2.45) is 0 Å². The van der Waals surface area contributed by atoms with Gasteiger partial charge in [-0.1, -0.05) is 0 Å². The maximum absolute atomic E-state index is 12.1. The second-order valence-electron chi connectivity index (χ2n) is 9.28. The molecule has 10 N–H and O–H groups in total. The molecule has 0 radical (unpaired) electrons. The molecule has 3 saturated heterocycles. The third-order valence-electron chi connectivity index (χ3n) is 6.71. The minimum atomic E-state index is -1.86. The summed E-state index contributed by atoms with van der Waals surface area (Å²) in [6.45, 7) is -1.10. The summed E-state index contributed by atoms with van der Waals surface area (Å²) in [5.74, 6) is -0.666. The molecular formula is C21H37NO16. The Kier molecular flexibility index (Phi) is 11.1. The van der Waals surface area contributed by atoms with Gasteiger partial charge < -0.3 is 79.7 Å². The zero-order valence-electron chi connectivity index (χ0n) is 20.7. The smallest absolute Gasteiger partial charge is 0.217 e. The Balaban J connectivity index is 1.91.